The van der Waals surface area contributed by atoms with E-state index >= 15 is 0 Å². The molecule has 3 rings (SSSR count). The second kappa shape index (κ2) is 5.12. The van der Waals surface area contributed by atoms with Crippen molar-refractivity contribution in [3.63, 3.8) is 0 Å². The van der Waals surface area contributed by atoms with Gasteiger partial charge in [0.25, 0.3) is 0 Å². The predicted molar refractivity (Wildman–Crippen MR) is 80.3 cm³/mol. The van der Waals surface area contributed by atoms with Crippen LogP contribution in [-0.4, -0.2) is 24.1 Å². The van der Waals surface area contributed by atoms with Gasteiger partial charge in [0.2, 0.25) is 0 Å². The molecule has 1 aromatic heterocycles. The number of methoxy groups -OCH3 is 1. The number of rotatable bonds is 3. The summed E-state index contributed by atoms with van der Waals surface area (Å²) in [5.74, 6) is 2.52. The highest BCUT2D eigenvalue weighted by Crippen LogP contribution is 2.33. The zero-order chi connectivity index (χ0) is 14.1. The highest BCUT2D eigenvalue weighted by Gasteiger charge is 2.20. The molecular weight excluding hydrogens is 250 g/mol. The van der Waals surface area contributed by atoms with Crippen LogP contribution in [-0.2, 0) is 12.8 Å². The first-order valence-electron chi connectivity index (χ1n) is 6.95. The van der Waals surface area contributed by atoms with E-state index in [1.54, 1.807) is 7.11 Å². The molecule has 104 valence electrons. The fourth-order valence-electron chi connectivity index (χ4n) is 2.74. The number of hydrogen-bond donors (Lipinski definition) is 1. The maximum Gasteiger partial charge on any atom is 0.165 e. The maximum absolute atomic E-state index is 5.47. The molecule has 1 N–H and O–H groups in total. The van der Waals surface area contributed by atoms with Crippen LogP contribution in [0.25, 0.3) is 11.4 Å². The molecule has 0 bridgehead atoms. The van der Waals surface area contributed by atoms with Crippen molar-refractivity contribution < 1.29 is 4.74 Å². The van der Waals surface area contributed by atoms with E-state index in [-0.39, 0.29) is 0 Å². The lowest BCUT2D eigenvalue weighted by Crippen LogP contribution is -2.04. The summed E-state index contributed by atoms with van der Waals surface area (Å²) in [6.45, 7) is 2.05. The predicted octanol–water partition coefficient (Wildman–Crippen LogP) is 2.99. The molecule has 0 atom stereocenters. The lowest BCUT2D eigenvalue weighted by Gasteiger charge is -2.12. The van der Waals surface area contributed by atoms with Gasteiger partial charge in [-0.1, -0.05) is 6.07 Å². The molecule has 4 nitrogen and oxygen atoms in total. The van der Waals surface area contributed by atoms with Gasteiger partial charge in [-0.05, 0) is 43.9 Å². The van der Waals surface area contributed by atoms with Crippen molar-refractivity contribution in [1.29, 1.82) is 0 Å². The molecule has 0 unspecified atom stereocenters. The molecule has 0 aliphatic heterocycles. The lowest BCUT2D eigenvalue weighted by molar-refractivity contribution is 0.416. The number of ether oxygens (including phenoxy) is 1. The van der Waals surface area contributed by atoms with Gasteiger partial charge < -0.3 is 10.1 Å². The Kier molecular flexibility index (Phi) is 3.30. The van der Waals surface area contributed by atoms with Crippen LogP contribution in [0.5, 0.6) is 5.75 Å². The smallest absolute Gasteiger partial charge is 0.165 e. The number of nitrogens with zero attached hydrogens (tertiary/aromatic N) is 2. The number of anilines is 1. The van der Waals surface area contributed by atoms with E-state index in [2.05, 4.69) is 23.3 Å². The van der Waals surface area contributed by atoms with Gasteiger partial charge in [0.1, 0.15) is 11.6 Å². The van der Waals surface area contributed by atoms with Crippen molar-refractivity contribution >= 4 is 5.82 Å². The summed E-state index contributed by atoms with van der Waals surface area (Å²) in [6.07, 6.45) is 3.26. The van der Waals surface area contributed by atoms with E-state index in [1.807, 2.05) is 19.2 Å². The zero-order valence-corrected chi connectivity index (χ0v) is 12.2. The van der Waals surface area contributed by atoms with Crippen molar-refractivity contribution in [1.82, 2.24) is 9.97 Å². The molecule has 4 heteroatoms. The van der Waals surface area contributed by atoms with Gasteiger partial charge in [-0.15, -0.1) is 0 Å². The number of benzene rings is 1. The molecular formula is C16H19N3O. The highest BCUT2D eigenvalue weighted by atomic mass is 16.5. The van der Waals surface area contributed by atoms with Crippen LogP contribution in [0.2, 0.25) is 0 Å². The summed E-state index contributed by atoms with van der Waals surface area (Å²) >= 11 is 0. The van der Waals surface area contributed by atoms with E-state index in [9.17, 15) is 0 Å². The van der Waals surface area contributed by atoms with Crippen LogP contribution < -0.4 is 10.1 Å². The summed E-state index contributed by atoms with van der Waals surface area (Å²) < 4.78 is 5.47. The quantitative estimate of drug-likeness (QED) is 0.930. The Morgan fingerprint density at radius 3 is 2.80 bits per heavy atom. The van der Waals surface area contributed by atoms with Gasteiger partial charge in [-0.2, -0.15) is 0 Å². The molecule has 0 amide bonds. The average Bonchev–Trinajstić information content (AvgIpc) is 2.94. The van der Waals surface area contributed by atoms with Gasteiger partial charge >= 0.3 is 0 Å². The van der Waals surface area contributed by atoms with Crippen molar-refractivity contribution in [2.24, 2.45) is 0 Å². The van der Waals surface area contributed by atoms with E-state index in [4.69, 9.17) is 9.72 Å². The Bertz CT molecular complexity index is 652. The average molecular weight is 269 g/mol. The molecule has 1 aliphatic rings. The summed E-state index contributed by atoms with van der Waals surface area (Å²) in [4.78, 5) is 9.41. The first-order chi connectivity index (χ1) is 9.72. The number of aryl methyl sites for hydroxylation is 2. The Hall–Kier alpha value is -2.10. The Balaban J connectivity index is 2.15. The summed E-state index contributed by atoms with van der Waals surface area (Å²) in [7, 11) is 3.60. The van der Waals surface area contributed by atoms with E-state index in [0.717, 1.165) is 42.2 Å². The van der Waals surface area contributed by atoms with Crippen LogP contribution in [0, 0.1) is 6.92 Å². The van der Waals surface area contributed by atoms with Gasteiger partial charge in [0, 0.05) is 18.3 Å². The van der Waals surface area contributed by atoms with Crippen LogP contribution in [0.3, 0.4) is 0 Å². The minimum Gasteiger partial charge on any atom is -0.496 e. The Morgan fingerprint density at radius 1 is 1.20 bits per heavy atom. The van der Waals surface area contributed by atoms with Crippen molar-refractivity contribution in [2.75, 3.05) is 19.5 Å². The van der Waals surface area contributed by atoms with E-state index in [0.29, 0.717) is 0 Å². The monoisotopic (exact) mass is 269 g/mol. The lowest BCUT2D eigenvalue weighted by atomic mass is 10.1. The standard InChI is InChI=1S/C16H19N3O/c1-10-7-8-12(14(9-10)20-3)16-18-13-6-4-5-11(13)15(17-2)19-16/h7-9H,4-6H2,1-3H3,(H,17,18,19). The summed E-state index contributed by atoms with van der Waals surface area (Å²) in [6, 6.07) is 6.11. The molecule has 0 radical (unpaired) electrons. The summed E-state index contributed by atoms with van der Waals surface area (Å²) in [5.41, 5.74) is 4.55. The fraction of sp³-hybridized carbons (Fsp3) is 0.375. The maximum atomic E-state index is 5.47. The second-order valence-electron chi connectivity index (χ2n) is 5.13. The SMILES string of the molecule is CNc1nc(-c2ccc(C)cc2OC)nc2c1CCC2. The number of nitrogens with one attached hydrogen (secondary N) is 1. The van der Waals surface area contributed by atoms with Gasteiger partial charge in [-0.3, -0.25) is 0 Å². The summed E-state index contributed by atoms with van der Waals surface area (Å²) in [5, 5.41) is 3.19. The first kappa shape index (κ1) is 12.9. The zero-order valence-electron chi connectivity index (χ0n) is 12.2. The second-order valence-corrected chi connectivity index (χ2v) is 5.13. The largest absolute Gasteiger partial charge is 0.496 e. The molecule has 20 heavy (non-hydrogen) atoms. The van der Waals surface area contributed by atoms with Crippen molar-refractivity contribution in [3.05, 3.63) is 35.0 Å². The van der Waals surface area contributed by atoms with Crippen LogP contribution in [0.1, 0.15) is 23.2 Å². The molecule has 0 fully saturated rings. The normalized spacial score (nSPS) is 13.2. The third-order valence-corrected chi connectivity index (χ3v) is 3.77. The molecule has 0 saturated heterocycles. The Labute approximate surface area is 119 Å². The van der Waals surface area contributed by atoms with Crippen LogP contribution in [0.4, 0.5) is 5.82 Å². The first-order valence-corrected chi connectivity index (χ1v) is 6.95. The minimum atomic E-state index is 0.742. The molecule has 1 aromatic carbocycles. The van der Waals surface area contributed by atoms with Gasteiger partial charge in [0.05, 0.1) is 12.7 Å². The van der Waals surface area contributed by atoms with Crippen molar-refractivity contribution in [3.8, 4) is 17.1 Å². The fourth-order valence-corrected chi connectivity index (χ4v) is 2.74. The van der Waals surface area contributed by atoms with Gasteiger partial charge in [0.15, 0.2) is 5.82 Å². The third-order valence-electron chi connectivity index (χ3n) is 3.77. The van der Waals surface area contributed by atoms with Crippen LogP contribution in [0.15, 0.2) is 18.2 Å². The number of fused-ring (bicyclic) bond motifs is 1. The molecule has 2 aromatic rings. The van der Waals surface area contributed by atoms with E-state index in [1.165, 1.54) is 16.8 Å². The molecule has 0 saturated carbocycles. The topological polar surface area (TPSA) is 47.0 Å². The Morgan fingerprint density at radius 2 is 2.05 bits per heavy atom. The van der Waals surface area contributed by atoms with Crippen LogP contribution >= 0.6 is 0 Å². The van der Waals surface area contributed by atoms with Gasteiger partial charge in [-0.25, -0.2) is 9.97 Å². The third kappa shape index (κ3) is 2.11. The van der Waals surface area contributed by atoms with Crippen molar-refractivity contribution in [2.45, 2.75) is 26.2 Å². The molecule has 1 heterocycles. The number of hydrogen-bond acceptors (Lipinski definition) is 4. The van der Waals surface area contributed by atoms with E-state index < -0.39 is 0 Å². The number of aromatic nitrogens is 2. The highest BCUT2D eigenvalue weighted by molar-refractivity contribution is 5.67. The molecule has 1 aliphatic carbocycles. The minimum absolute atomic E-state index is 0.742. The molecule has 0 spiro atoms.